The lowest BCUT2D eigenvalue weighted by Crippen LogP contribution is -2.37. The Bertz CT molecular complexity index is 2600. The number of para-hydroxylation sites is 1. The predicted molar refractivity (Wildman–Crippen MR) is 224 cm³/mol. The molecule has 1 aliphatic rings. The van der Waals surface area contributed by atoms with Gasteiger partial charge in [0.25, 0.3) is 0 Å². The van der Waals surface area contributed by atoms with Crippen molar-refractivity contribution in [2.24, 2.45) is 0 Å². The molecule has 59 heavy (non-hydrogen) atoms. The van der Waals surface area contributed by atoms with Crippen molar-refractivity contribution < 1.29 is 40.7 Å². The Kier molecular flexibility index (Phi) is 13.9. The van der Waals surface area contributed by atoms with Crippen molar-refractivity contribution >= 4 is 43.0 Å². The van der Waals surface area contributed by atoms with Gasteiger partial charge in [-0.25, -0.2) is 16.8 Å². The molecule has 6 rings (SSSR count). The van der Waals surface area contributed by atoms with Gasteiger partial charge in [-0.15, -0.1) is 0 Å². The van der Waals surface area contributed by atoms with Crippen molar-refractivity contribution in [3.63, 3.8) is 0 Å². The Hall–Kier alpha value is -5.91. The smallest absolute Gasteiger partial charge is 0.246 e. The van der Waals surface area contributed by atoms with E-state index in [0.717, 1.165) is 33.5 Å². The van der Waals surface area contributed by atoms with Gasteiger partial charge in [-0.2, -0.15) is 0 Å². The zero-order chi connectivity index (χ0) is 42.0. The lowest BCUT2D eigenvalue weighted by Gasteiger charge is -2.26. The number of anilines is 1. The summed E-state index contributed by atoms with van der Waals surface area (Å²) in [5, 5.41) is 0.841. The first kappa shape index (κ1) is 42.7. The number of carbonyl (C=O) groups excluding carboxylic acids is 3. The quantitative estimate of drug-likeness (QED) is 0.0698. The number of benzene rings is 5. The molecular formula is C46H44N2O9S2. The Morgan fingerprint density at radius 1 is 0.712 bits per heavy atom. The minimum atomic E-state index is -4.41. The molecule has 2 amide bonds. The summed E-state index contributed by atoms with van der Waals surface area (Å²) in [6, 6.07) is 33.3. The van der Waals surface area contributed by atoms with Crippen LogP contribution in [0.25, 0.3) is 0 Å². The van der Waals surface area contributed by atoms with Crippen molar-refractivity contribution in [1.29, 1.82) is 0 Å². The van der Waals surface area contributed by atoms with E-state index in [9.17, 15) is 31.2 Å². The molecule has 0 aliphatic carbocycles. The van der Waals surface area contributed by atoms with Crippen molar-refractivity contribution in [2.45, 2.75) is 48.5 Å². The summed E-state index contributed by atoms with van der Waals surface area (Å²) in [5.74, 6) is 4.07. The summed E-state index contributed by atoms with van der Waals surface area (Å²) in [7, 11) is -8.58. The van der Waals surface area contributed by atoms with Gasteiger partial charge in [-0.3, -0.25) is 14.4 Å². The number of Topliss-reactive ketones (excluding diaryl/α,β-unsaturated/α-hetero) is 1. The summed E-state index contributed by atoms with van der Waals surface area (Å²) in [6.07, 6.45) is 0.0823. The minimum Gasteiger partial charge on any atom is -0.374 e. The fraction of sp³-hybridized carbons (Fsp3) is 0.239. The molecule has 0 saturated heterocycles. The van der Waals surface area contributed by atoms with Gasteiger partial charge in [0.05, 0.1) is 47.6 Å². The first-order valence-electron chi connectivity index (χ1n) is 19.0. The first-order chi connectivity index (χ1) is 28.3. The Morgan fingerprint density at radius 2 is 1.31 bits per heavy atom. The molecule has 0 fully saturated rings. The van der Waals surface area contributed by atoms with Crippen molar-refractivity contribution in [1.82, 2.24) is 5.32 Å². The second-order valence-corrected chi connectivity index (χ2v) is 18.3. The molecule has 11 nitrogen and oxygen atoms in total. The lowest BCUT2D eigenvalue weighted by atomic mass is 10.0. The number of aryl methyl sites for hydroxylation is 2. The Balaban J connectivity index is 0.966. The van der Waals surface area contributed by atoms with Crippen molar-refractivity contribution in [3.8, 4) is 11.8 Å². The number of ketones is 1. The number of ether oxygens (including phenoxy) is 2. The van der Waals surface area contributed by atoms with Crippen LogP contribution in [0.3, 0.4) is 0 Å². The van der Waals surface area contributed by atoms with Crippen LogP contribution in [0.2, 0.25) is 0 Å². The van der Waals surface area contributed by atoms with Crippen LogP contribution in [0.5, 0.6) is 0 Å². The number of nitrogens with one attached hydrogen (secondary N) is 1. The van der Waals surface area contributed by atoms with Crippen LogP contribution >= 0.6 is 0 Å². The maximum atomic E-state index is 13.8. The highest BCUT2D eigenvalue weighted by molar-refractivity contribution is 7.96. The average molecular weight is 833 g/mol. The predicted octanol–water partition coefficient (Wildman–Crippen LogP) is 5.79. The number of hydrogen-bond donors (Lipinski definition) is 1. The number of amides is 2. The molecule has 5 aromatic carbocycles. The third kappa shape index (κ3) is 11.0. The molecular weight excluding hydrogens is 789 g/mol. The third-order valence-corrected chi connectivity index (χ3v) is 13.7. The summed E-state index contributed by atoms with van der Waals surface area (Å²) in [5.41, 5.74) is 5.63. The molecule has 304 valence electrons. The van der Waals surface area contributed by atoms with Crippen LogP contribution in [-0.2, 0) is 51.9 Å². The van der Waals surface area contributed by atoms with Crippen LogP contribution in [0, 0.1) is 25.7 Å². The van der Waals surface area contributed by atoms with Gasteiger partial charge < -0.3 is 19.7 Å². The maximum absolute atomic E-state index is 13.8. The van der Waals surface area contributed by atoms with Gasteiger partial charge in [0.15, 0.2) is 25.5 Å². The fourth-order valence-electron chi connectivity index (χ4n) is 6.37. The Labute approximate surface area is 345 Å². The highest BCUT2D eigenvalue weighted by Gasteiger charge is 2.39. The molecule has 1 unspecified atom stereocenters. The number of sulfone groups is 2. The van der Waals surface area contributed by atoms with E-state index in [1.807, 2.05) is 48.5 Å². The molecule has 1 aliphatic heterocycles. The summed E-state index contributed by atoms with van der Waals surface area (Å²) in [4.78, 5) is 41.1. The van der Waals surface area contributed by atoms with Gasteiger partial charge in [0, 0.05) is 29.7 Å². The van der Waals surface area contributed by atoms with E-state index >= 15 is 0 Å². The van der Waals surface area contributed by atoms with E-state index in [4.69, 9.17) is 9.47 Å². The van der Waals surface area contributed by atoms with Gasteiger partial charge in [0.1, 0.15) is 11.9 Å². The van der Waals surface area contributed by atoms with E-state index < -0.39 is 36.5 Å². The van der Waals surface area contributed by atoms with Gasteiger partial charge in [-0.05, 0) is 67.4 Å². The van der Waals surface area contributed by atoms with E-state index in [0.29, 0.717) is 12.1 Å². The molecule has 0 radical (unpaired) electrons. The molecule has 0 saturated carbocycles. The van der Waals surface area contributed by atoms with Crippen LogP contribution in [0.15, 0.2) is 131 Å². The van der Waals surface area contributed by atoms with Crippen LogP contribution in [0.4, 0.5) is 5.69 Å². The van der Waals surface area contributed by atoms with E-state index in [1.54, 1.807) is 55.1 Å². The van der Waals surface area contributed by atoms with Crippen LogP contribution in [-0.4, -0.2) is 71.8 Å². The van der Waals surface area contributed by atoms with E-state index in [-0.39, 0.29) is 66.6 Å². The first-order valence-corrected chi connectivity index (χ1v) is 22.2. The largest absolute Gasteiger partial charge is 0.374 e. The Morgan fingerprint density at radius 3 is 2.00 bits per heavy atom. The van der Waals surface area contributed by atoms with Crippen molar-refractivity contribution in [2.75, 3.05) is 37.0 Å². The molecule has 0 bridgehead atoms. The molecule has 0 spiro atoms. The average Bonchev–Trinajstić information content (AvgIpc) is 3.22. The maximum Gasteiger partial charge on any atom is 0.246 e. The highest BCUT2D eigenvalue weighted by atomic mass is 32.2. The van der Waals surface area contributed by atoms with Gasteiger partial charge >= 0.3 is 0 Å². The monoisotopic (exact) mass is 832 g/mol. The molecule has 13 heteroatoms. The third-order valence-electron chi connectivity index (χ3n) is 9.71. The van der Waals surface area contributed by atoms with Gasteiger partial charge in [-0.1, -0.05) is 102 Å². The lowest BCUT2D eigenvalue weighted by molar-refractivity contribution is -0.126. The SMILES string of the molecule is Cc1ccc(S(=O)(=O)CC(C(=O)c2ccc(COCCOCC(=O)NCCC(=O)N3Cc4ccccc4C#Cc4ccccc43)cc2)S(=O)(=O)c2ccc(C)cc2)cc1. The molecule has 5 aromatic rings. The van der Waals surface area contributed by atoms with Crippen LogP contribution in [0.1, 0.15) is 50.2 Å². The second-order valence-electron chi connectivity index (χ2n) is 14.1. The highest BCUT2D eigenvalue weighted by Crippen LogP contribution is 2.27. The second kappa shape index (κ2) is 19.2. The number of fused-ring (bicyclic) bond motifs is 2. The van der Waals surface area contributed by atoms with E-state index in [2.05, 4.69) is 17.2 Å². The topological polar surface area (TPSA) is 153 Å². The zero-order valence-corrected chi connectivity index (χ0v) is 34.4. The van der Waals surface area contributed by atoms with Crippen molar-refractivity contribution in [3.05, 3.63) is 160 Å². The normalized spacial score (nSPS) is 12.8. The zero-order valence-electron chi connectivity index (χ0n) is 32.7. The number of hydrogen-bond acceptors (Lipinski definition) is 9. The number of nitrogens with zero attached hydrogens (tertiary/aromatic N) is 1. The summed E-state index contributed by atoms with van der Waals surface area (Å²) in [6.45, 7) is 4.26. The molecule has 1 N–H and O–H groups in total. The van der Waals surface area contributed by atoms with Crippen LogP contribution < -0.4 is 10.2 Å². The molecule has 1 atom stereocenters. The minimum absolute atomic E-state index is 0.0379. The molecule has 1 heterocycles. The summed E-state index contributed by atoms with van der Waals surface area (Å²) < 4.78 is 65.6. The molecule has 0 aromatic heterocycles. The number of carbonyl (C=O) groups is 3. The number of rotatable bonds is 17. The van der Waals surface area contributed by atoms with Gasteiger partial charge in [0.2, 0.25) is 11.8 Å². The van der Waals surface area contributed by atoms with E-state index in [1.165, 1.54) is 36.4 Å². The fourth-order valence-corrected chi connectivity index (χ4v) is 10.2. The standard InChI is InChI=1S/C46H44N2O9S2/c1-33-11-21-40(22-12-33)58(52,53)32-43(59(54,55)41-23-13-34(2)14-24-41)46(51)38-17-15-35(16-18-38)30-56-27-28-57-31-44(49)47-26-25-45(50)48-29-39-9-4-3-7-36(39)19-20-37-8-5-6-10-42(37)48/h3-18,21-24,43H,25-32H2,1-2H3,(H,47,49). The summed E-state index contributed by atoms with van der Waals surface area (Å²) >= 11 is 0.